The molecule has 0 spiro atoms. The highest BCUT2D eigenvalue weighted by Gasteiger charge is 2.29. The van der Waals surface area contributed by atoms with Gasteiger partial charge in [0.2, 0.25) is 5.88 Å². The van der Waals surface area contributed by atoms with Gasteiger partial charge in [0.15, 0.2) is 0 Å². The number of likely N-dealkylation sites (N-methyl/N-ethyl adjacent to an activating group) is 1. The van der Waals surface area contributed by atoms with Gasteiger partial charge in [0, 0.05) is 56.1 Å². The third kappa shape index (κ3) is 5.37. The van der Waals surface area contributed by atoms with Gasteiger partial charge in [0.25, 0.3) is 5.91 Å². The Bertz CT molecular complexity index is 921. The van der Waals surface area contributed by atoms with Crippen LogP contribution in [-0.2, 0) is 0 Å². The first-order chi connectivity index (χ1) is 15.5. The van der Waals surface area contributed by atoms with Gasteiger partial charge < -0.3 is 25.2 Å². The minimum atomic E-state index is -0.549. The predicted molar refractivity (Wildman–Crippen MR) is 126 cm³/mol. The van der Waals surface area contributed by atoms with Gasteiger partial charge in [-0.2, -0.15) is 0 Å². The molecule has 8 heteroatoms. The number of benzene rings is 1. The summed E-state index contributed by atoms with van der Waals surface area (Å²) in [5, 5.41) is 6.28. The molecule has 0 unspecified atom stereocenters. The van der Waals surface area contributed by atoms with Gasteiger partial charge in [-0.25, -0.2) is 9.37 Å². The molecule has 1 aliphatic rings. The summed E-state index contributed by atoms with van der Waals surface area (Å²) >= 11 is 0. The summed E-state index contributed by atoms with van der Waals surface area (Å²) in [5.74, 6) is -0.599. The lowest BCUT2D eigenvalue weighted by Gasteiger charge is -2.38. The second-order valence-electron chi connectivity index (χ2n) is 8.13. The minimum Gasteiger partial charge on any atom is -0.478 e. The molecule has 174 valence electrons. The molecular weight excluding hydrogens is 409 g/mol. The summed E-state index contributed by atoms with van der Waals surface area (Å²) < 4.78 is 21.7. The zero-order valence-electron chi connectivity index (χ0n) is 19.4. The number of amides is 1. The molecule has 0 bridgehead atoms. The summed E-state index contributed by atoms with van der Waals surface area (Å²) in [5.41, 5.74) is 1.55. The average molecular weight is 444 g/mol. The van der Waals surface area contributed by atoms with Crippen molar-refractivity contribution >= 4 is 11.6 Å². The molecule has 1 aliphatic heterocycles. The zero-order chi connectivity index (χ0) is 23.1. The van der Waals surface area contributed by atoms with E-state index in [0.717, 1.165) is 19.5 Å². The molecule has 1 atom stereocenters. The highest BCUT2D eigenvalue weighted by Crippen LogP contribution is 2.36. The standard InChI is InChI=1S/C24H34FN5O2/c1-5-17-16-26-12-15-30(17)20-10-9-18(19-8-7-11-28-24(19)32-6-2)22(25)21(20)23(31)27-13-14-29(3)4/h7-11,17,26H,5-6,12-16H2,1-4H3,(H,27,31)/t17-/m1/s1. The van der Waals surface area contributed by atoms with Crippen molar-refractivity contribution in [2.24, 2.45) is 0 Å². The van der Waals surface area contributed by atoms with Crippen LogP contribution < -0.4 is 20.3 Å². The van der Waals surface area contributed by atoms with E-state index in [2.05, 4.69) is 27.4 Å². The molecule has 3 rings (SSSR count). The molecule has 7 nitrogen and oxygen atoms in total. The SMILES string of the molecule is CCOc1ncccc1-c1ccc(N2CCNC[C@H]2CC)c(C(=O)NCCN(C)C)c1F. The van der Waals surface area contributed by atoms with Crippen molar-refractivity contribution in [2.75, 3.05) is 58.3 Å². The van der Waals surface area contributed by atoms with E-state index >= 15 is 4.39 Å². The maximum Gasteiger partial charge on any atom is 0.256 e. The van der Waals surface area contributed by atoms with Crippen LogP contribution in [0, 0.1) is 5.82 Å². The number of hydrogen-bond acceptors (Lipinski definition) is 6. The Balaban J connectivity index is 2.08. The van der Waals surface area contributed by atoms with Crippen LogP contribution in [0.3, 0.4) is 0 Å². The van der Waals surface area contributed by atoms with Gasteiger partial charge in [0.05, 0.1) is 17.9 Å². The lowest BCUT2D eigenvalue weighted by atomic mass is 9.98. The molecule has 0 saturated carbocycles. The Morgan fingerprint density at radius 3 is 2.84 bits per heavy atom. The minimum absolute atomic E-state index is 0.0768. The zero-order valence-corrected chi connectivity index (χ0v) is 19.4. The summed E-state index contributed by atoms with van der Waals surface area (Å²) in [6, 6.07) is 7.29. The number of halogens is 1. The van der Waals surface area contributed by atoms with Crippen molar-refractivity contribution in [1.29, 1.82) is 0 Å². The van der Waals surface area contributed by atoms with Crippen molar-refractivity contribution in [3.63, 3.8) is 0 Å². The summed E-state index contributed by atoms with van der Waals surface area (Å²) in [4.78, 5) is 21.6. The monoisotopic (exact) mass is 443 g/mol. The van der Waals surface area contributed by atoms with E-state index in [9.17, 15) is 4.79 Å². The van der Waals surface area contributed by atoms with Crippen LogP contribution >= 0.6 is 0 Å². The van der Waals surface area contributed by atoms with Gasteiger partial charge in [-0.15, -0.1) is 0 Å². The normalized spacial score (nSPS) is 16.3. The quantitative estimate of drug-likeness (QED) is 0.621. The second kappa shape index (κ2) is 11.2. The maximum absolute atomic E-state index is 16.1. The molecule has 0 aliphatic carbocycles. The van der Waals surface area contributed by atoms with Crippen LogP contribution in [0.2, 0.25) is 0 Å². The van der Waals surface area contributed by atoms with E-state index in [1.807, 2.05) is 32.0 Å². The lowest BCUT2D eigenvalue weighted by molar-refractivity contribution is 0.0947. The fraction of sp³-hybridized carbons (Fsp3) is 0.500. The van der Waals surface area contributed by atoms with Crippen molar-refractivity contribution in [2.45, 2.75) is 26.3 Å². The van der Waals surface area contributed by atoms with Crippen LogP contribution in [0.25, 0.3) is 11.1 Å². The Hall–Kier alpha value is -2.71. The third-order valence-electron chi connectivity index (χ3n) is 5.66. The van der Waals surface area contributed by atoms with Crippen LogP contribution in [0.5, 0.6) is 5.88 Å². The first-order valence-electron chi connectivity index (χ1n) is 11.3. The fourth-order valence-electron chi connectivity index (χ4n) is 4.00. The van der Waals surface area contributed by atoms with Crippen molar-refractivity contribution < 1.29 is 13.9 Å². The molecule has 32 heavy (non-hydrogen) atoms. The lowest BCUT2D eigenvalue weighted by Crippen LogP contribution is -2.51. The fourth-order valence-corrected chi connectivity index (χ4v) is 4.00. The van der Waals surface area contributed by atoms with E-state index in [1.54, 1.807) is 24.4 Å². The number of carbonyl (C=O) groups is 1. The van der Waals surface area contributed by atoms with Crippen LogP contribution in [0.1, 0.15) is 30.6 Å². The second-order valence-corrected chi connectivity index (χ2v) is 8.13. The number of piperazine rings is 1. The molecule has 2 aromatic rings. The summed E-state index contributed by atoms with van der Waals surface area (Å²) in [6.07, 6.45) is 2.51. The van der Waals surface area contributed by atoms with E-state index < -0.39 is 11.7 Å². The number of nitrogens with zero attached hydrogens (tertiary/aromatic N) is 3. The summed E-state index contributed by atoms with van der Waals surface area (Å²) in [6.45, 7) is 7.80. The number of anilines is 1. The molecule has 1 fully saturated rings. The Kier molecular flexibility index (Phi) is 8.41. The molecule has 0 radical (unpaired) electrons. The highest BCUT2D eigenvalue weighted by atomic mass is 19.1. The van der Waals surface area contributed by atoms with E-state index in [4.69, 9.17) is 4.74 Å². The number of ether oxygens (including phenoxy) is 1. The van der Waals surface area contributed by atoms with Gasteiger partial charge >= 0.3 is 0 Å². The number of nitrogens with one attached hydrogen (secondary N) is 2. The molecular formula is C24H34FN5O2. The smallest absolute Gasteiger partial charge is 0.256 e. The first kappa shape index (κ1) is 23.9. The predicted octanol–water partition coefficient (Wildman–Crippen LogP) is 2.77. The molecule has 1 aromatic carbocycles. The molecule has 1 amide bonds. The van der Waals surface area contributed by atoms with Crippen LogP contribution in [0.4, 0.5) is 10.1 Å². The van der Waals surface area contributed by atoms with Gasteiger partial charge in [-0.1, -0.05) is 6.92 Å². The van der Waals surface area contributed by atoms with Gasteiger partial charge in [0.1, 0.15) is 5.82 Å². The van der Waals surface area contributed by atoms with Crippen LogP contribution in [-0.4, -0.2) is 75.3 Å². The van der Waals surface area contributed by atoms with E-state index in [0.29, 0.717) is 48.9 Å². The van der Waals surface area contributed by atoms with Crippen molar-refractivity contribution in [1.82, 2.24) is 20.5 Å². The van der Waals surface area contributed by atoms with Crippen molar-refractivity contribution in [3.8, 4) is 17.0 Å². The van der Waals surface area contributed by atoms with E-state index in [1.165, 1.54) is 0 Å². The average Bonchev–Trinajstić information content (AvgIpc) is 2.79. The molecule has 2 heterocycles. The molecule has 1 aromatic heterocycles. The topological polar surface area (TPSA) is 69.7 Å². The number of aromatic nitrogens is 1. The third-order valence-corrected chi connectivity index (χ3v) is 5.66. The van der Waals surface area contributed by atoms with Crippen LogP contribution in [0.15, 0.2) is 30.5 Å². The largest absolute Gasteiger partial charge is 0.478 e. The van der Waals surface area contributed by atoms with E-state index in [-0.39, 0.29) is 11.6 Å². The Morgan fingerprint density at radius 2 is 2.12 bits per heavy atom. The summed E-state index contributed by atoms with van der Waals surface area (Å²) in [7, 11) is 3.87. The Labute approximate surface area is 190 Å². The van der Waals surface area contributed by atoms with Gasteiger partial charge in [-0.3, -0.25) is 4.79 Å². The number of pyridine rings is 1. The highest BCUT2D eigenvalue weighted by molar-refractivity contribution is 6.01. The number of carbonyl (C=O) groups excluding carboxylic acids is 1. The first-order valence-corrected chi connectivity index (χ1v) is 11.3. The number of rotatable bonds is 9. The van der Waals surface area contributed by atoms with Crippen molar-refractivity contribution in [3.05, 3.63) is 41.8 Å². The number of hydrogen-bond donors (Lipinski definition) is 2. The molecule has 1 saturated heterocycles. The Morgan fingerprint density at radius 1 is 1.31 bits per heavy atom. The maximum atomic E-state index is 16.1. The molecule has 2 N–H and O–H groups in total. The van der Waals surface area contributed by atoms with Gasteiger partial charge in [-0.05, 0) is 51.7 Å².